The van der Waals surface area contributed by atoms with Gasteiger partial charge in [-0.25, -0.2) is 6.42 Å². The minimum atomic E-state index is -0.174. The standard InChI is InChI=1S/C15H16N3O.C9H20O.C9H16.C2H6.K/c1-10-4-6-13(7-5-10)15(19)17-11(2)14-8-9-16-12(3)18-14;1-4-7-10-8-6-9(3)5-2;1-2-6-9-7-4-3-5-8-9;1-2;/h4-8,11H,1-3H3,(H,17,19);9H,4-8H2,1-3H3;2,7,9H,3-6,8H2,1H3;1-2H3;/q-1;;-2;;+1. The van der Waals surface area contributed by atoms with Crippen LogP contribution in [0.25, 0.3) is 0 Å². The molecule has 1 aromatic heterocycles. The maximum Gasteiger partial charge on any atom is 1.00 e. The van der Waals surface area contributed by atoms with E-state index in [1.165, 1.54) is 44.9 Å². The zero-order valence-electron chi connectivity index (χ0n) is 28.1. The topological polar surface area (TPSA) is 64.1 Å². The number of amides is 1. The second kappa shape index (κ2) is 28.2. The molecule has 1 heterocycles. The molecule has 1 amide bonds. The van der Waals surface area contributed by atoms with Crippen molar-refractivity contribution in [2.45, 2.75) is 120 Å². The summed E-state index contributed by atoms with van der Waals surface area (Å²) in [5.41, 5.74) is 2.53. The van der Waals surface area contributed by atoms with Crippen molar-refractivity contribution >= 4 is 5.91 Å². The van der Waals surface area contributed by atoms with Gasteiger partial charge in [0.15, 0.2) is 0 Å². The molecule has 0 bridgehead atoms. The average Bonchev–Trinajstić information content (AvgIpc) is 2.98. The van der Waals surface area contributed by atoms with Crippen molar-refractivity contribution in [2.24, 2.45) is 11.8 Å². The molecule has 0 radical (unpaired) electrons. The fraction of sp³-hybridized carbons (Fsp3) is 0.629. The SMILES string of the molecule is CC.CCCOCCC(C)CC.C[CH-]CC1[CH-]CCCC1.Cc1ccc(C(=O)NC(C)c2c[c-]nc(C)n2)cc1.[K+]. The summed E-state index contributed by atoms with van der Waals surface area (Å²) in [5.74, 6) is 2.29. The van der Waals surface area contributed by atoms with Crippen LogP contribution in [0.3, 0.4) is 0 Å². The second-order valence-electron chi connectivity index (χ2n) is 10.4. The summed E-state index contributed by atoms with van der Waals surface area (Å²) in [4.78, 5) is 20.3. The number of ether oxygens (including phenoxy) is 1. The van der Waals surface area contributed by atoms with Crippen molar-refractivity contribution in [3.63, 3.8) is 0 Å². The second-order valence-corrected chi connectivity index (χ2v) is 10.4. The molecule has 1 saturated carbocycles. The Hall–Kier alpha value is -0.634. The van der Waals surface area contributed by atoms with Gasteiger partial charge < -0.3 is 32.9 Å². The fourth-order valence-corrected chi connectivity index (χ4v) is 3.99. The van der Waals surface area contributed by atoms with Crippen molar-refractivity contribution in [3.05, 3.63) is 72.0 Å². The molecule has 1 N–H and O–H groups in total. The van der Waals surface area contributed by atoms with E-state index in [-0.39, 0.29) is 63.3 Å². The summed E-state index contributed by atoms with van der Waals surface area (Å²) in [6.07, 6.45) is 18.2. The Labute approximate surface area is 296 Å². The summed E-state index contributed by atoms with van der Waals surface area (Å²) in [6, 6.07) is 8.98. The van der Waals surface area contributed by atoms with E-state index < -0.39 is 0 Å². The molecule has 1 aromatic carbocycles. The van der Waals surface area contributed by atoms with Crippen molar-refractivity contribution < 1.29 is 60.9 Å². The van der Waals surface area contributed by atoms with Gasteiger partial charge in [-0.1, -0.05) is 98.0 Å². The Balaban J connectivity index is 0. The van der Waals surface area contributed by atoms with Crippen LogP contribution in [0.5, 0.6) is 0 Å². The van der Waals surface area contributed by atoms with Gasteiger partial charge in [-0.2, -0.15) is 19.3 Å². The molecule has 41 heavy (non-hydrogen) atoms. The minimum absolute atomic E-state index is 0. The molecule has 2 aromatic rings. The first-order chi connectivity index (χ1) is 19.3. The van der Waals surface area contributed by atoms with Gasteiger partial charge in [0.25, 0.3) is 5.91 Å². The van der Waals surface area contributed by atoms with E-state index in [0.717, 1.165) is 42.7 Å². The van der Waals surface area contributed by atoms with Crippen LogP contribution in [0.2, 0.25) is 0 Å². The molecule has 1 aliphatic rings. The monoisotopic (exact) mass is 591 g/mol. The number of nitrogens with one attached hydrogen (secondary N) is 1. The van der Waals surface area contributed by atoms with Gasteiger partial charge in [-0.15, -0.1) is 6.07 Å². The molecule has 228 valence electrons. The molecule has 3 atom stereocenters. The molecule has 0 saturated heterocycles. The van der Waals surface area contributed by atoms with Crippen LogP contribution in [-0.4, -0.2) is 29.1 Å². The van der Waals surface area contributed by atoms with Crippen LogP contribution >= 0.6 is 0 Å². The van der Waals surface area contributed by atoms with E-state index in [9.17, 15) is 4.79 Å². The van der Waals surface area contributed by atoms with E-state index in [2.05, 4.69) is 62.0 Å². The number of carbonyl (C=O) groups excluding carboxylic acids is 1. The van der Waals surface area contributed by atoms with Gasteiger partial charge in [0.05, 0.1) is 0 Å². The van der Waals surface area contributed by atoms with Crippen LogP contribution in [0, 0.1) is 44.7 Å². The van der Waals surface area contributed by atoms with Gasteiger partial charge in [0.1, 0.15) is 0 Å². The zero-order chi connectivity index (χ0) is 30.2. The number of carbonyl (C=O) groups is 1. The van der Waals surface area contributed by atoms with Crippen LogP contribution in [0.15, 0.2) is 30.3 Å². The van der Waals surface area contributed by atoms with E-state index in [0.29, 0.717) is 11.4 Å². The van der Waals surface area contributed by atoms with Crippen LogP contribution in [0.4, 0.5) is 0 Å². The Morgan fingerprint density at radius 2 is 1.83 bits per heavy atom. The molecule has 0 aliphatic heterocycles. The third-order valence-corrected chi connectivity index (χ3v) is 6.70. The zero-order valence-corrected chi connectivity index (χ0v) is 31.2. The maximum atomic E-state index is 12.1. The molecular formula is C35H58KN3O2-2. The summed E-state index contributed by atoms with van der Waals surface area (Å²) in [6.45, 7) is 20.4. The molecule has 0 spiro atoms. The Morgan fingerprint density at radius 1 is 1.15 bits per heavy atom. The maximum absolute atomic E-state index is 12.1. The van der Waals surface area contributed by atoms with Crippen molar-refractivity contribution in [3.8, 4) is 0 Å². The minimum Gasteiger partial charge on any atom is -0.381 e. The van der Waals surface area contributed by atoms with Gasteiger partial charge in [-0.05, 0) is 43.5 Å². The molecule has 3 rings (SSSR count). The first-order valence-corrected chi connectivity index (χ1v) is 15.6. The summed E-state index contributed by atoms with van der Waals surface area (Å²) in [7, 11) is 0. The van der Waals surface area contributed by atoms with Crippen LogP contribution in [0.1, 0.15) is 133 Å². The predicted octanol–water partition coefficient (Wildman–Crippen LogP) is 6.26. The van der Waals surface area contributed by atoms with Crippen molar-refractivity contribution in [1.29, 1.82) is 0 Å². The number of benzene rings is 1. The Morgan fingerprint density at radius 3 is 2.37 bits per heavy atom. The molecule has 1 aliphatic carbocycles. The summed E-state index contributed by atoms with van der Waals surface area (Å²) < 4.78 is 5.36. The Kier molecular flexibility index (Phi) is 29.2. The molecule has 6 heteroatoms. The summed E-state index contributed by atoms with van der Waals surface area (Å²) in [5, 5.41) is 2.91. The number of hydrogen-bond donors (Lipinski definition) is 1. The average molecular weight is 592 g/mol. The number of hydrogen-bond acceptors (Lipinski definition) is 4. The largest absolute Gasteiger partial charge is 1.00 e. The van der Waals surface area contributed by atoms with E-state index >= 15 is 0 Å². The number of nitrogens with zero attached hydrogens (tertiary/aromatic N) is 2. The van der Waals surface area contributed by atoms with Gasteiger partial charge >= 0.3 is 51.4 Å². The quantitative estimate of drug-likeness (QED) is 0.190. The fourth-order valence-electron chi connectivity index (χ4n) is 3.99. The van der Waals surface area contributed by atoms with E-state index in [1.54, 1.807) is 13.0 Å². The first-order valence-electron chi connectivity index (χ1n) is 15.6. The summed E-state index contributed by atoms with van der Waals surface area (Å²) >= 11 is 0. The van der Waals surface area contributed by atoms with Crippen LogP contribution in [-0.2, 0) is 4.74 Å². The Bertz CT molecular complexity index is 867. The smallest absolute Gasteiger partial charge is 0.381 e. The molecule has 5 nitrogen and oxygen atoms in total. The third kappa shape index (κ3) is 21.7. The first kappa shape index (κ1) is 42.5. The van der Waals surface area contributed by atoms with Crippen LogP contribution < -0.4 is 56.7 Å². The molecule has 3 unspecified atom stereocenters. The van der Waals surface area contributed by atoms with E-state index in [4.69, 9.17) is 4.74 Å². The van der Waals surface area contributed by atoms with Crippen molar-refractivity contribution in [1.82, 2.24) is 15.3 Å². The normalized spacial score (nSPS) is 15.2. The number of rotatable bonds is 11. The molecule has 1 fully saturated rings. The predicted molar refractivity (Wildman–Crippen MR) is 170 cm³/mol. The van der Waals surface area contributed by atoms with Crippen molar-refractivity contribution in [2.75, 3.05) is 13.2 Å². The van der Waals surface area contributed by atoms with Gasteiger partial charge in [0, 0.05) is 30.6 Å². The number of aromatic nitrogens is 2. The van der Waals surface area contributed by atoms with Gasteiger partial charge in [-0.3, -0.25) is 4.79 Å². The molecular weight excluding hydrogens is 534 g/mol. The third-order valence-electron chi connectivity index (χ3n) is 6.70. The number of aryl methyl sites for hydroxylation is 2. The van der Waals surface area contributed by atoms with Gasteiger partial charge in [0.2, 0.25) is 0 Å². The van der Waals surface area contributed by atoms with E-state index in [1.807, 2.05) is 52.0 Å².